The number of aromatic nitrogens is 2. The topological polar surface area (TPSA) is 58.3 Å². The monoisotopic (exact) mass is 322 g/mol. The zero-order chi connectivity index (χ0) is 16.9. The first kappa shape index (κ1) is 16.4. The fourth-order valence-electron chi connectivity index (χ4n) is 2.73. The molecule has 2 atom stereocenters. The Morgan fingerprint density at radius 3 is 2.46 bits per heavy atom. The van der Waals surface area contributed by atoms with Gasteiger partial charge in [0.15, 0.2) is 0 Å². The van der Waals surface area contributed by atoms with Gasteiger partial charge in [0.05, 0.1) is 12.4 Å². The van der Waals surface area contributed by atoms with E-state index < -0.39 is 12.2 Å². The molecule has 3 aromatic rings. The van der Waals surface area contributed by atoms with Gasteiger partial charge in [-0.05, 0) is 30.0 Å². The van der Waals surface area contributed by atoms with Crippen LogP contribution in [-0.2, 0) is 6.54 Å². The summed E-state index contributed by atoms with van der Waals surface area (Å²) in [6.07, 6.45) is 4.68. The minimum absolute atomic E-state index is 0.572. The van der Waals surface area contributed by atoms with E-state index in [4.69, 9.17) is 0 Å². The van der Waals surface area contributed by atoms with Gasteiger partial charge in [0, 0.05) is 18.9 Å². The maximum atomic E-state index is 10.6. The normalized spacial score (nSPS) is 13.6. The van der Waals surface area contributed by atoms with Crippen LogP contribution in [0, 0.1) is 6.92 Å². The van der Waals surface area contributed by atoms with E-state index in [2.05, 4.69) is 4.98 Å². The van der Waals surface area contributed by atoms with Crippen LogP contribution in [0.25, 0.3) is 0 Å². The van der Waals surface area contributed by atoms with Gasteiger partial charge in [0.1, 0.15) is 6.10 Å². The molecule has 2 unspecified atom stereocenters. The van der Waals surface area contributed by atoms with Crippen LogP contribution in [0.4, 0.5) is 0 Å². The predicted molar refractivity (Wildman–Crippen MR) is 93.5 cm³/mol. The lowest BCUT2D eigenvalue weighted by atomic mass is 9.97. The van der Waals surface area contributed by atoms with Crippen LogP contribution in [0.1, 0.15) is 40.9 Å². The van der Waals surface area contributed by atoms with E-state index in [0.717, 1.165) is 22.3 Å². The molecule has 3 rings (SSSR count). The maximum absolute atomic E-state index is 10.6. The number of rotatable bonds is 6. The van der Waals surface area contributed by atoms with Crippen molar-refractivity contribution in [3.05, 3.63) is 89.5 Å². The Labute approximate surface area is 142 Å². The van der Waals surface area contributed by atoms with Crippen LogP contribution in [0.3, 0.4) is 0 Å². The molecule has 2 N–H and O–H groups in total. The van der Waals surface area contributed by atoms with Crippen molar-refractivity contribution in [3.63, 3.8) is 0 Å². The molecule has 0 aliphatic carbocycles. The van der Waals surface area contributed by atoms with Gasteiger partial charge in [-0.2, -0.15) is 0 Å². The van der Waals surface area contributed by atoms with Crippen molar-refractivity contribution in [1.82, 2.24) is 9.55 Å². The van der Waals surface area contributed by atoms with Crippen molar-refractivity contribution in [1.29, 1.82) is 0 Å². The van der Waals surface area contributed by atoms with Crippen molar-refractivity contribution in [2.24, 2.45) is 0 Å². The molecule has 4 heteroatoms. The first-order chi connectivity index (χ1) is 11.6. The molecule has 0 aliphatic rings. The average Bonchev–Trinajstić information content (AvgIpc) is 3.13. The van der Waals surface area contributed by atoms with Crippen LogP contribution >= 0.6 is 0 Å². The van der Waals surface area contributed by atoms with E-state index in [1.807, 2.05) is 66.2 Å². The van der Waals surface area contributed by atoms with Gasteiger partial charge in [0.2, 0.25) is 0 Å². The fraction of sp³-hybridized carbons (Fsp3) is 0.250. The van der Waals surface area contributed by atoms with Gasteiger partial charge >= 0.3 is 0 Å². The third kappa shape index (κ3) is 3.91. The Morgan fingerprint density at radius 2 is 1.75 bits per heavy atom. The lowest BCUT2D eigenvalue weighted by molar-refractivity contribution is 0.160. The summed E-state index contributed by atoms with van der Waals surface area (Å²) in [6, 6.07) is 15.4. The summed E-state index contributed by atoms with van der Waals surface area (Å²) in [5.41, 5.74) is 3.62. The molecule has 0 saturated heterocycles. The number of aryl methyl sites for hydroxylation is 2. The van der Waals surface area contributed by atoms with E-state index in [1.54, 1.807) is 12.5 Å². The van der Waals surface area contributed by atoms with Crippen molar-refractivity contribution in [3.8, 4) is 0 Å². The summed E-state index contributed by atoms with van der Waals surface area (Å²) in [4.78, 5) is 4.00. The number of hydrogen-bond donors (Lipinski definition) is 2. The van der Waals surface area contributed by atoms with Gasteiger partial charge < -0.3 is 14.8 Å². The Kier molecular flexibility index (Phi) is 5.08. The molecule has 1 aromatic heterocycles. The first-order valence-electron chi connectivity index (χ1n) is 8.12. The van der Waals surface area contributed by atoms with Crippen molar-refractivity contribution in [2.75, 3.05) is 0 Å². The summed E-state index contributed by atoms with van der Waals surface area (Å²) in [5, 5.41) is 21.0. The molecule has 0 spiro atoms. The third-order valence-corrected chi connectivity index (χ3v) is 4.22. The highest BCUT2D eigenvalue weighted by Crippen LogP contribution is 2.26. The number of hydrogen-bond acceptors (Lipinski definition) is 3. The second-order valence-corrected chi connectivity index (χ2v) is 6.09. The second kappa shape index (κ2) is 7.43. The van der Waals surface area contributed by atoms with E-state index in [1.165, 1.54) is 0 Å². The van der Waals surface area contributed by atoms with Gasteiger partial charge in [-0.3, -0.25) is 0 Å². The van der Waals surface area contributed by atoms with E-state index in [-0.39, 0.29) is 0 Å². The molecule has 1 heterocycles. The Bertz CT molecular complexity index is 767. The Balaban J connectivity index is 1.72. The summed E-state index contributed by atoms with van der Waals surface area (Å²) < 4.78 is 1.94. The molecule has 4 nitrogen and oxygen atoms in total. The molecule has 0 saturated carbocycles. The van der Waals surface area contributed by atoms with Gasteiger partial charge in [0.25, 0.3) is 0 Å². The molecular formula is C20H22N2O2. The zero-order valence-electron chi connectivity index (χ0n) is 13.7. The van der Waals surface area contributed by atoms with Gasteiger partial charge in [-0.15, -0.1) is 0 Å². The number of aliphatic hydroxyl groups excluding tert-OH is 2. The minimum atomic E-state index is -0.689. The van der Waals surface area contributed by atoms with Gasteiger partial charge in [-0.25, -0.2) is 4.98 Å². The summed E-state index contributed by atoms with van der Waals surface area (Å²) in [7, 11) is 0. The van der Waals surface area contributed by atoms with Crippen LogP contribution < -0.4 is 0 Å². The zero-order valence-corrected chi connectivity index (χ0v) is 13.7. The van der Waals surface area contributed by atoms with Crippen molar-refractivity contribution < 1.29 is 10.2 Å². The van der Waals surface area contributed by atoms with E-state index in [9.17, 15) is 10.2 Å². The quantitative estimate of drug-likeness (QED) is 0.731. The number of benzene rings is 2. The van der Waals surface area contributed by atoms with Crippen LogP contribution in [0.5, 0.6) is 0 Å². The van der Waals surface area contributed by atoms with Gasteiger partial charge in [-0.1, -0.05) is 54.1 Å². The summed E-state index contributed by atoms with van der Waals surface area (Å²) >= 11 is 0. The maximum Gasteiger partial charge on any atom is 0.104 e. The number of nitrogens with zero attached hydrogens (tertiary/aromatic N) is 2. The average molecular weight is 322 g/mol. The van der Waals surface area contributed by atoms with Crippen molar-refractivity contribution in [2.45, 2.75) is 32.1 Å². The second-order valence-electron chi connectivity index (χ2n) is 6.09. The molecule has 0 fully saturated rings. The number of imidazole rings is 1. The summed E-state index contributed by atoms with van der Waals surface area (Å²) in [6.45, 7) is 2.72. The lowest BCUT2D eigenvalue weighted by Crippen LogP contribution is -2.05. The Hall–Kier alpha value is -2.43. The van der Waals surface area contributed by atoms with E-state index >= 15 is 0 Å². The summed E-state index contributed by atoms with van der Waals surface area (Å²) in [5.74, 6) is 0. The highest BCUT2D eigenvalue weighted by atomic mass is 16.3. The molecule has 2 aromatic carbocycles. The molecule has 0 aliphatic heterocycles. The fourth-order valence-corrected chi connectivity index (χ4v) is 2.73. The molecule has 0 bridgehead atoms. The smallest absolute Gasteiger partial charge is 0.104 e. The Morgan fingerprint density at radius 1 is 1.00 bits per heavy atom. The minimum Gasteiger partial charge on any atom is -0.388 e. The standard InChI is InChI=1S/C20H22N2O2/c1-15-5-7-16(8-6-15)20(24)18-4-2-3-17(13-18)19(23)9-11-22-12-10-21-14-22/h2-8,10,12-14,19-20,23-24H,9,11H2,1H3. The number of aliphatic hydroxyl groups is 2. The molecule has 0 amide bonds. The van der Waals surface area contributed by atoms with Crippen molar-refractivity contribution >= 4 is 0 Å². The highest BCUT2D eigenvalue weighted by molar-refractivity contribution is 5.34. The molecular weight excluding hydrogens is 300 g/mol. The van der Waals surface area contributed by atoms with Crippen LogP contribution in [0.2, 0.25) is 0 Å². The highest BCUT2D eigenvalue weighted by Gasteiger charge is 2.13. The SMILES string of the molecule is Cc1ccc(C(O)c2cccc(C(O)CCn3ccnc3)c2)cc1. The lowest BCUT2D eigenvalue weighted by Gasteiger charge is -2.16. The molecule has 124 valence electrons. The third-order valence-electron chi connectivity index (χ3n) is 4.22. The first-order valence-corrected chi connectivity index (χ1v) is 8.12. The van der Waals surface area contributed by atoms with Crippen LogP contribution in [0.15, 0.2) is 67.3 Å². The largest absolute Gasteiger partial charge is 0.388 e. The van der Waals surface area contributed by atoms with Crippen LogP contribution in [-0.4, -0.2) is 19.8 Å². The molecule has 24 heavy (non-hydrogen) atoms. The van der Waals surface area contributed by atoms with E-state index in [0.29, 0.717) is 13.0 Å². The molecule has 0 radical (unpaired) electrons. The predicted octanol–water partition coefficient (Wildman–Crippen LogP) is 3.40.